The summed E-state index contributed by atoms with van der Waals surface area (Å²) >= 11 is 2.84. The van der Waals surface area contributed by atoms with Gasteiger partial charge in [-0.05, 0) is 54.5 Å². The second-order valence-electron chi connectivity index (χ2n) is 9.06. The Balaban J connectivity index is 1.54. The average Bonchev–Trinajstić information content (AvgIpc) is 3.32. The molecule has 0 bridgehead atoms. The van der Waals surface area contributed by atoms with E-state index in [9.17, 15) is 14.9 Å². The van der Waals surface area contributed by atoms with Gasteiger partial charge in [0.25, 0.3) is 0 Å². The average molecular weight is 494 g/mol. The summed E-state index contributed by atoms with van der Waals surface area (Å²) in [6.07, 6.45) is 1.18. The van der Waals surface area contributed by atoms with Crippen molar-refractivity contribution in [3.63, 3.8) is 0 Å². The quantitative estimate of drug-likeness (QED) is 0.523. The normalized spacial score (nSPS) is 19.2. The minimum atomic E-state index is -0.387. The Morgan fingerprint density at radius 1 is 1.29 bits per heavy atom. The molecule has 34 heavy (non-hydrogen) atoms. The Hall–Kier alpha value is -3.02. The van der Waals surface area contributed by atoms with Crippen molar-refractivity contribution in [1.29, 1.82) is 5.26 Å². The number of thioether (sulfide) groups is 1. The van der Waals surface area contributed by atoms with Gasteiger partial charge in [0.15, 0.2) is 5.78 Å². The van der Waals surface area contributed by atoms with Crippen molar-refractivity contribution >= 4 is 40.5 Å². The number of hydrogen-bond donors (Lipinski definition) is 2. The molecule has 2 heterocycles. The number of amides is 1. The van der Waals surface area contributed by atoms with Gasteiger partial charge < -0.3 is 15.4 Å². The minimum absolute atomic E-state index is 0.0854. The number of Topliss-reactive ketones (excluding diaryl/α,β-unsaturated/α-hetero) is 1. The zero-order valence-corrected chi connectivity index (χ0v) is 21.1. The fourth-order valence-electron chi connectivity index (χ4n) is 4.37. The predicted molar refractivity (Wildman–Crippen MR) is 137 cm³/mol. The Labute approximate surface area is 208 Å². The predicted octanol–water partition coefficient (Wildman–Crippen LogP) is 5.58. The molecule has 1 aromatic heterocycles. The summed E-state index contributed by atoms with van der Waals surface area (Å²) in [4.78, 5) is 26.8. The van der Waals surface area contributed by atoms with Crippen molar-refractivity contribution in [3.8, 4) is 11.8 Å². The number of dihydropyridines is 1. The van der Waals surface area contributed by atoms with Gasteiger partial charge >= 0.3 is 0 Å². The standard InChI is InChI=1S/C26H27N3O3S2/c1-4-32-17-9-7-16(8-10-17)28-22(31)15-34-25-18(14-27)23(21-6-5-11-33-21)24-19(29-25)12-26(2,3)13-20(24)30/h5-11,23,29H,4,12-13,15H2,1-3H3,(H,28,31). The third-order valence-corrected chi connectivity index (χ3v) is 7.71. The first-order valence-corrected chi connectivity index (χ1v) is 13.0. The fraction of sp³-hybridized carbons (Fsp3) is 0.346. The van der Waals surface area contributed by atoms with E-state index in [2.05, 4.69) is 30.6 Å². The summed E-state index contributed by atoms with van der Waals surface area (Å²) in [7, 11) is 0. The van der Waals surface area contributed by atoms with Gasteiger partial charge in [-0.15, -0.1) is 11.3 Å². The molecule has 1 aliphatic heterocycles. The number of allylic oxidation sites excluding steroid dienone is 3. The van der Waals surface area contributed by atoms with Crippen LogP contribution in [0.4, 0.5) is 5.69 Å². The lowest BCUT2D eigenvalue weighted by Crippen LogP contribution is -2.36. The number of carbonyl (C=O) groups is 2. The summed E-state index contributed by atoms with van der Waals surface area (Å²) < 4.78 is 5.43. The van der Waals surface area contributed by atoms with Crippen LogP contribution in [0.3, 0.4) is 0 Å². The van der Waals surface area contributed by atoms with Crippen molar-refractivity contribution < 1.29 is 14.3 Å². The van der Waals surface area contributed by atoms with Crippen LogP contribution >= 0.6 is 23.1 Å². The van der Waals surface area contributed by atoms with Crippen molar-refractivity contribution in [1.82, 2.24) is 5.32 Å². The number of ketones is 1. The van der Waals surface area contributed by atoms with Crippen LogP contribution < -0.4 is 15.4 Å². The second kappa shape index (κ2) is 10.1. The third-order valence-electron chi connectivity index (χ3n) is 5.75. The molecule has 2 aliphatic rings. The zero-order chi connectivity index (χ0) is 24.3. The first-order chi connectivity index (χ1) is 16.3. The van der Waals surface area contributed by atoms with Crippen LogP contribution in [-0.2, 0) is 9.59 Å². The van der Waals surface area contributed by atoms with Crippen LogP contribution in [0, 0.1) is 16.7 Å². The maximum absolute atomic E-state index is 13.1. The van der Waals surface area contributed by atoms with Gasteiger partial charge in [-0.3, -0.25) is 9.59 Å². The van der Waals surface area contributed by atoms with Crippen molar-refractivity contribution in [2.75, 3.05) is 17.7 Å². The van der Waals surface area contributed by atoms with Crippen LogP contribution in [0.2, 0.25) is 0 Å². The Kier molecular flexibility index (Phi) is 7.15. The van der Waals surface area contributed by atoms with Crippen molar-refractivity contribution in [2.24, 2.45) is 5.41 Å². The van der Waals surface area contributed by atoms with Crippen molar-refractivity contribution in [2.45, 2.75) is 39.5 Å². The molecule has 0 saturated carbocycles. The number of anilines is 1. The molecule has 6 nitrogen and oxygen atoms in total. The lowest BCUT2D eigenvalue weighted by Gasteiger charge is -2.38. The molecule has 1 aliphatic carbocycles. The van der Waals surface area contributed by atoms with Gasteiger partial charge in [0, 0.05) is 28.3 Å². The largest absolute Gasteiger partial charge is 0.494 e. The van der Waals surface area contributed by atoms with Crippen LogP contribution in [0.25, 0.3) is 0 Å². The number of thiophene rings is 1. The van der Waals surface area contributed by atoms with E-state index in [1.807, 2.05) is 36.6 Å². The fourth-order valence-corrected chi connectivity index (χ4v) is 6.07. The van der Waals surface area contributed by atoms with Gasteiger partial charge in [-0.1, -0.05) is 31.7 Å². The lowest BCUT2D eigenvalue weighted by atomic mass is 9.70. The van der Waals surface area contributed by atoms with Gasteiger partial charge in [0.1, 0.15) is 5.75 Å². The maximum atomic E-state index is 13.1. The van der Waals surface area contributed by atoms with Crippen LogP contribution in [0.15, 0.2) is 63.7 Å². The highest BCUT2D eigenvalue weighted by Crippen LogP contribution is 2.48. The van der Waals surface area contributed by atoms with E-state index in [1.165, 1.54) is 11.8 Å². The van der Waals surface area contributed by atoms with E-state index < -0.39 is 0 Å². The molecular formula is C26H27N3O3S2. The molecule has 0 fully saturated rings. The highest BCUT2D eigenvalue weighted by molar-refractivity contribution is 8.03. The van der Waals surface area contributed by atoms with E-state index in [-0.39, 0.29) is 28.8 Å². The highest BCUT2D eigenvalue weighted by Gasteiger charge is 2.42. The van der Waals surface area contributed by atoms with Gasteiger partial charge in [-0.25, -0.2) is 0 Å². The van der Waals surface area contributed by atoms with E-state index in [0.717, 1.165) is 22.7 Å². The Bertz CT molecular complexity index is 1190. The third kappa shape index (κ3) is 5.21. The molecule has 1 unspecified atom stereocenters. The molecule has 176 valence electrons. The second-order valence-corrected chi connectivity index (χ2v) is 11.0. The van der Waals surface area contributed by atoms with Crippen LogP contribution in [0.1, 0.15) is 44.4 Å². The molecule has 0 radical (unpaired) electrons. The number of rotatable bonds is 7. The zero-order valence-electron chi connectivity index (χ0n) is 19.4. The Morgan fingerprint density at radius 3 is 2.71 bits per heavy atom. The number of nitrogens with one attached hydrogen (secondary N) is 2. The number of ether oxygens (including phenoxy) is 1. The lowest BCUT2D eigenvalue weighted by molar-refractivity contribution is -0.118. The van der Waals surface area contributed by atoms with Gasteiger partial charge in [0.05, 0.1) is 34.9 Å². The van der Waals surface area contributed by atoms with Gasteiger partial charge in [0.2, 0.25) is 5.91 Å². The molecule has 2 N–H and O–H groups in total. The number of nitriles is 1. The van der Waals surface area contributed by atoms with E-state index in [0.29, 0.717) is 34.9 Å². The number of benzene rings is 1. The molecule has 1 aromatic carbocycles. The molecule has 4 rings (SSSR count). The summed E-state index contributed by atoms with van der Waals surface area (Å²) in [6.45, 7) is 6.66. The molecule has 1 atom stereocenters. The smallest absolute Gasteiger partial charge is 0.234 e. The number of hydrogen-bond acceptors (Lipinski definition) is 7. The van der Waals surface area contributed by atoms with E-state index in [4.69, 9.17) is 4.74 Å². The number of carbonyl (C=O) groups excluding carboxylic acids is 2. The SMILES string of the molecule is CCOc1ccc(NC(=O)CSC2=C(C#N)C(c3cccs3)C3=C(CC(C)(C)CC3=O)N2)cc1. The summed E-state index contributed by atoms with van der Waals surface area (Å²) in [5.41, 5.74) is 2.58. The van der Waals surface area contributed by atoms with Gasteiger partial charge in [-0.2, -0.15) is 5.26 Å². The number of nitrogens with zero attached hydrogens (tertiary/aromatic N) is 1. The summed E-state index contributed by atoms with van der Waals surface area (Å²) in [6, 6.07) is 13.5. The van der Waals surface area contributed by atoms with E-state index in [1.54, 1.807) is 23.5 Å². The topological polar surface area (TPSA) is 91.2 Å². The molecular weight excluding hydrogens is 466 g/mol. The van der Waals surface area contributed by atoms with Crippen LogP contribution in [0.5, 0.6) is 5.75 Å². The molecule has 1 amide bonds. The van der Waals surface area contributed by atoms with Crippen LogP contribution in [-0.4, -0.2) is 24.1 Å². The molecule has 0 saturated heterocycles. The first kappa shape index (κ1) is 24.1. The molecule has 8 heteroatoms. The summed E-state index contributed by atoms with van der Waals surface area (Å²) in [5, 5.41) is 18.9. The first-order valence-electron chi connectivity index (χ1n) is 11.2. The highest BCUT2D eigenvalue weighted by atomic mass is 32.2. The monoisotopic (exact) mass is 493 g/mol. The minimum Gasteiger partial charge on any atom is -0.494 e. The molecule has 0 spiro atoms. The summed E-state index contributed by atoms with van der Waals surface area (Å²) in [5.74, 6) is 0.411. The van der Waals surface area contributed by atoms with Crippen molar-refractivity contribution in [3.05, 3.63) is 68.5 Å². The maximum Gasteiger partial charge on any atom is 0.234 e. The Morgan fingerprint density at radius 2 is 2.06 bits per heavy atom. The molecule has 2 aromatic rings. The van der Waals surface area contributed by atoms with E-state index >= 15 is 0 Å².